The average molecular weight is 444 g/mol. The number of hydrogen-bond donors (Lipinski definition) is 1. The Kier molecular flexibility index (Phi) is 7.49. The molecule has 1 N–H and O–H groups in total. The number of alkyl halides is 3. The first-order valence-corrected chi connectivity index (χ1v) is 10.6. The maximum atomic E-state index is 12.7. The molecule has 30 heavy (non-hydrogen) atoms. The molecule has 0 aliphatic carbocycles. The van der Waals surface area contributed by atoms with Gasteiger partial charge in [-0.25, -0.2) is 8.42 Å². The summed E-state index contributed by atoms with van der Waals surface area (Å²) in [5, 5.41) is 2.57. The van der Waals surface area contributed by atoms with Crippen LogP contribution in [0.1, 0.15) is 25.0 Å². The number of ether oxygens (including phenoxy) is 1. The molecule has 0 bridgehead atoms. The van der Waals surface area contributed by atoms with E-state index in [1.165, 1.54) is 41.7 Å². The lowest BCUT2D eigenvalue weighted by Crippen LogP contribution is -2.30. The largest absolute Gasteiger partial charge is 0.495 e. The molecule has 0 unspecified atom stereocenters. The van der Waals surface area contributed by atoms with Gasteiger partial charge in [0, 0.05) is 13.1 Å². The second-order valence-corrected chi connectivity index (χ2v) is 8.31. The quantitative estimate of drug-likeness (QED) is 0.670. The van der Waals surface area contributed by atoms with Gasteiger partial charge in [0.15, 0.2) is 0 Å². The first kappa shape index (κ1) is 23.7. The van der Waals surface area contributed by atoms with Gasteiger partial charge in [0.25, 0.3) is 0 Å². The van der Waals surface area contributed by atoms with Crippen LogP contribution in [0.2, 0.25) is 0 Å². The smallest absolute Gasteiger partial charge is 0.416 e. The fourth-order valence-corrected chi connectivity index (χ4v) is 4.33. The number of methoxy groups -OCH3 is 1. The fraction of sp³-hybridized carbons (Fsp3) is 0.350. The van der Waals surface area contributed by atoms with E-state index in [9.17, 15) is 26.4 Å². The summed E-state index contributed by atoms with van der Waals surface area (Å²) >= 11 is 0. The van der Waals surface area contributed by atoms with E-state index in [0.717, 1.165) is 12.1 Å². The highest BCUT2D eigenvalue weighted by Gasteiger charge is 2.30. The summed E-state index contributed by atoms with van der Waals surface area (Å²) in [6.07, 6.45) is -4.64. The summed E-state index contributed by atoms with van der Waals surface area (Å²) in [5.74, 6) is -0.264. The van der Waals surface area contributed by atoms with Crippen molar-refractivity contribution in [3.8, 4) is 5.75 Å². The number of benzene rings is 2. The van der Waals surface area contributed by atoms with Gasteiger partial charge < -0.3 is 10.1 Å². The van der Waals surface area contributed by atoms with E-state index in [0.29, 0.717) is 18.7 Å². The molecule has 0 spiro atoms. The number of rotatable bonds is 8. The molecule has 2 aromatic carbocycles. The number of halogens is 3. The van der Waals surface area contributed by atoms with Crippen molar-refractivity contribution < 1.29 is 31.1 Å². The average Bonchev–Trinajstić information content (AvgIpc) is 2.68. The predicted molar refractivity (Wildman–Crippen MR) is 107 cm³/mol. The van der Waals surface area contributed by atoms with Crippen molar-refractivity contribution in [3.05, 3.63) is 53.6 Å². The van der Waals surface area contributed by atoms with Crippen LogP contribution in [0.3, 0.4) is 0 Å². The van der Waals surface area contributed by atoms with E-state index in [1.54, 1.807) is 13.8 Å². The second-order valence-electron chi connectivity index (χ2n) is 6.37. The van der Waals surface area contributed by atoms with Gasteiger partial charge in [0.05, 0.1) is 29.7 Å². The number of hydrogen-bond acceptors (Lipinski definition) is 4. The molecular formula is C20H23F3N2O4S. The molecule has 0 saturated heterocycles. The van der Waals surface area contributed by atoms with E-state index in [4.69, 9.17) is 4.74 Å². The van der Waals surface area contributed by atoms with E-state index in [1.807, 2.05) is 0 Å². The Labute approximate surface area is 173 Å². The molecule has 2 aromatic rings. The molecule has 0 radical (unpaired) electrons. The van der Waals surface area contributed by atoms with Crippen molar-refractivity contribution in [2.45, 2.75) is 31.3 Å². The van der Waals surface area contributed by atoms with Crippen molar-refractivity contribution >= 4 is 21.6 Å². The maximum Gasteiger partial charge on any atom is 0.416 e. The van der Waals surface area contributed by atoms with Gasteiger partial charge in [-0.1, -0.05) is 26.0 Å². The highest BCUT2D eigenvalue weighted by atomic mass is 32.2. The summed E-state index contributed by atoms with van der Waals surface area (Å²) < 4.78 is 69.8. The van der Waals surface area contributed by atoms with Crippen molar-refractivity contribution in [3.63, 3.8) is 0 Å². The van der Waals surface area contributed by atoms with E-state index in [-0.39, 0.29) is 22.8 Å². The van der Waals surface area contributed by atoms with Crippen molar-refractivity contribution in [1.29, 1.82) is 0 Å². The van der Waals surface area contributed by atoms with Gasteiger partial charge in [0.1, 0.15) is 5.75 Å². The van der Waals surface area contributed by atoms with Gasteiger partial charge >= 0.3 is 6.18 Å². The zero-order valence-electron chi connectivity index (χ0n) is 16.8. The number of nitrogens with one attached hydrogen (secondary N) is 1. The topological polar surface area (TPSA) is 75.7 Å². The van der Waals surface area contributed by atoms with Gasteiger partial charge in [-0.15, -0.1) is 0 Å². The summed E-state index contributed by atoms with van der Waals surface area (Å²) in [7, 11) is -2.37. The van der Waals surface area contributed by atoms with Crippen LogP contribution in [0, 0.1) is 0 Å². The Morgan fingerprint density at radius 3 is 2.17 bits per heavy atom. The number of carbonyl (C=O) groups is 1. The first-order valence-electron chi connectivity index (χ1n) is 9.17. The van der Waals surface area contributed by atoms with Gasteiger partial charge in [0.2, 0.25) is 15.9 Å². The molecule has 10 heteroatoms. The predicted octanol–water partition coefficient (Wildman–Crippen LogP) is 3.93. The van der Waals surface area contributed by atoms with Crippen LogP contribution in [0.4, 0.5) is 18.9 Å². The molecule has 0 atom stereocenters. The van der Waals surface area contributed by atoms with E-state index < -0.39 is 27.7 Å². The Hall–Kier alpha value is -2.59. The number of nitrogens with zero attached hydrogens (tertiary/aromatic N) is 1. The standard InChI is InChI=1S/C20H23F3N2O4S/c1-4-25(5-2)30(27,28)16-10-11-18(29-3)17(13-16)24-19(26)12-14-6-8-15(9-7-14)20(21,22)23/h6-11,13H,4-5,12H2,1-3H3,(H,24,26). The Bertz CT molecular complexity index is 986. The zero-order valence-corrected chi connectivity index (χ0v) is 17.6. The normalized spacial score (nSPS) is 12.1. The monoisotopic (exact) mass is 444 g/mol. The van der Waals surface area contributed by atoms with Crippen LogP contribution < -0.4 is 10.1 Å². The molecule has 6 nitrogen and oxygen atoms in total. The number of amides is 1. The van der Waals surface area contributed by atoms with Gasteiger partial charge in [-0.3, -0.25) is 4.79 Å². The molecule has 0 saturated carbocycles. The highest BCUT2D eigenvalue weighted by molar-refractivity contribution is 7.89. The number of anilines is 1. The SMILES string of the molecule is CCN(CC)S(=O)(=O)c1ccc(OC)c(NC(=O)Cc2ccc(C(F)(F)F)cc2)c1. The Morgan fingerprint density at radius 2 is 1.67 bits per heavy atom. The molecule has 2 rings (SSSR count). The van der Waals surface area contributed by atoms with Crippen LogP contribution in [0.5, 0.6) is 5.75 Å². The molecule has 0 heterocycles. The fourth-order valence-electron chi connectivity index (χ4n) is 2.85. The maximum absolute atomic E-state index is 12.7. The summed E-state index contributed by atoms with van der Waals surface area (Å²) in [6.45, 7) is 4.02. The van der Waals surface area contributed by atoms with Crippen molar-refractivity contribution in [1.82, 2.24) is 4.31 Å². The van der Waals surface area contributed by atoms with E-state index >= 15 is 0 Å². The van der Waals surface area contributed by atoms with Crippen LogP contribution in [0.25, 0.3) is 0 Å². The molecular weight excluding hydrogens is 421 g/mol. The van der Waals surface area contributed by atoms with Crippen LogP contribution in [0.15, 0.2) is 47.4 Å². The Morgan fingerprint density at radius 1 is 1.07 bits per heavy atom. The van der Waals surface area contributed by atoms with Gasteiger partial charge in [-0.2, -0.15) is 17.5 Å². The van der Waals surface area contributed by atoms with Gasteiger partial charge in [-0.05, 0) is 35.9 Å². The summed E-state index contributed by atoms with van der Waals surface area (Å²) in [6, 6.07) is 8.38. The van der Waals surface area contributed by atoms with E-state index in [2.05, 4.69) is 5.32 Å². The number of sulfonamides is 1. The number of carbonyl (C=O) groups excluding carboxylic acids is 1. The minimum absolute atomic E-state index is 0.00294. The van der Waals surface area contributed by atoms with Crippen LogP contribution >= 0.6 is 0 Å². The molecule has 0 fully saturated rings. The lowest BCUT2D eigenvalue weighted by atomic mass is 10.1. The third kappa shape index (κ3) is 5.51. The zero-order chi connectivity index (χ0) is 22.5. The lowest BCUT2D eigenvalue weighted by molar-refractivity contribution is -0.137. The first-order chi connectivity index (χ1) is 14.0. The summed E-state index contributed by atoms with van der Waals surface area (Å²) in [5.41, 5.74) is -0.267. The molecule has 1 amide bonds. The van der Waals surface area contributed by atoms with Crippen LogP contribution in [-0.2, 0) is 27.4 Å². The summed E-state index contributed by atoms with van der Waals surface area (Å²) in [4.78, 5) is 12.4. The minimum Gasteiger partial charge on any atom is -0.495 e. The second kappa shape index (κ2) is 9.48. The highest BCUT2D eigenvalue weighted by Crippen LogP contribution is 2.30. The third-order valence-electron chi connectivity index (χ3n) is 4.43. The molecule has 0 aliphatic rings. The van der Waals surface area contributed by atoms with Crippen molar-refractivity contribution in [2.75, 3.05) is 25.5 Å². The molecule has 0 aliphatic heterocycles. The lowest BCUT2D eigenvalue weighted by Gasteiger charge is -2.19. The van der Waals surface area contributed by atoms with Crippen LogP contribution in [-0.4, -0.2) is 38.8 Å². The third-order valence-corrected chi connectivity index (χ3v) is 6.48. The molecule has 0 aromatic heterocycles. The minimum atomic E-state index is -4.45. The van der Waals surface area contributed by atoms with Crippen molar-refractivity contribution in [2.24, 2.45) is 0 Å². The Balaban J connectivity index is 2.23. The molecule has 164 valence electrons.